The highest BCUT2D eigenvalue weighted by atomic mass is 32.1. The van der Waals surface area contributed by atoms with E-state index in [2.05, 4.69) is 514 Å². The van der Waals surface area contributed by atoms with Crippen LogP contribution in [0.1, 0.15) is 0 Å². The van der Waals surface area contributed by atoms with Crippen molar-refractivity contribution in [1.82, 2.24) is 22.8 Å². The molecular formula is C132H81N5S5. The van der Waals surface area contributed by atoms with Crippen LogP contribution in [0.25, 0.3) is 271 Å². The van der Waals surface area contributed by atoms with Gasteiger partial charge in [0.05, 0.1) is 59.1 Å². The predicted molar refractivity (Wildman–Crippen MR) is 621 cm³/mol. The first-order valence-corrected chi connectivity index (χ1v) is 52.3. The molecule has 0 atom stereocenters. The monoisotopic (exact) mass is 1900 g/mol. The zero-order valence-electron chi connectivity index (χ0n) is 76.5. The molecule has 33 aromatic rings. The van der Waals surface area contributed by atoms with Crippen LogP contribution in [-0.2, 0) is 0 Å². The lowest BCUT2D eigenvalue weighted by Crippen LogP contribution is -1.93. The van der Waals surface area contributed by atoms with Crippen LogP contribution in [-0.4, -0.2) is 22.8 Å². The SMILES string of the molecule is c1ccc(-n2c3cc4ccccc4cc3c3cc4sc5ccccc5c4cc32)cc1.c1ccc(-n2c3ccc4ccccc4c3c3ccc4c5ccccc5sc4c32)cc1.c1ccc(-n2c3ccccc3c3c4ccccc4c4c5ccccc5sc4c32)cc1.c1ccc(-n2c3ccccc3c3c4ccccc4sc32)cc1.c1ccc(-n2c3ccccc3c3c4sc5ccccc5c4c4ccccc4c32)cc1. The third-order valence-electron chi connectivity index (χ3n) is 28.9. The second kappa shape index (κ2) is 33.4. The van der Waals surface area contributed by atoms with Gasteiger partial charge in [-0.25, -0.2) is 0 Å². The summed E-state index contributed by atoms with van der Waals surface area (Å²) in [5.41, 5.74) is 17.6. The van der Waals surface area contributed by atoms with E-state index in [4.69, 9.17) is 0 Å². The Morgan fingerprint density at radius 2 is 0.479 bits per heavy atom. The molecule has 33 rings (SSSR count). The van der Waals surface area contributed by atoms with Gasteiger partial charge < -0.3 is 22.8 Å². The van der Waals surface area contributed by atoms with Gasteiger partial charge in [-0.1, -0.05) is 352 Å². The molecule has 664 valence electrons. The van der Waals surface area contributed by atoms with E-state index in [-0.39, 0.29) is 0 Å². The summed E-state index contributed by atoms with van der Waals surface area (Å²) in [7, 11) is 0. The lowest BCUT2D eigenvalue weighted by atomic mass is 9.99. The van der Waals surface area contributed by atoms with Crippen LogP contribution >= 0.6 is 56.7 Å². The molecular weight excluding hydrogens is 1820 g/mol. The summed E-state index contributed by atoms with van der Waals surface area (Å²) in [5.74, 6) is 0. The molecule has 0 amide bonds. The topological polar surface area (TPSA) is 24.6 Å². The fourth-order valence-corrected chi connectivity index (χ4v) is 29.0. The van der Waals surface area contributed by atoms with Crippen molar-refractivity contribution in [3.8, 4) is 28.4 Å². The lowest BCUT2D eigenvalue weighted by Gasteiger charge is -2.10. The molecule has 10 heterocycles. The Morgan fingerprint density at radius 3 is 1.05 bits per heavy atom. The quantitative estimate of drug-likeness (QED) is 0.164. The highest BCUT2D eigenvalue weighted by molar-refractivity contribution is 7.28. The summed E-state index contributed by atoms with van der Waals surface area (Å²) in [6.07, 6.45) is 0. The molecule has 0 saturated carbocycles. The lowest BCUT2D eigenvalue weighted by molar-refractivity contribution is 1.18. The predicted octanol–water partition coefficient (Wildman–Crippen LogP) is 39.2. The number of para-hydroxylation sites is 8. The smallest absolute Gasteiger partial charge is 0.109 e. The molecule has 23 aromatic carbocycles. The first-order chi connectivity index (χ1) is 70.5. The first-order valence-electron chi connectivity index (χ1n) is 48.3. The molecule has 0 radical (unpaired) electrons. The van der Waals surface area contributed by atoms with Gasteiger partial charge in [-0.2, -0.15) is 0 Å². The van der Waals surface area contributed by atoms with Gasteiger partial charge in [-0.05, 0) is 177 Å². The third-order valence-corrected chi connectivity index (χ3v) is 34.7. The number of hydrogen-bond acceptors (Lipinski definition) is 5. The van der Waals surface area contributed by atoms with Crippen molar-refractivity contribution >= 4 is 299 Å². The Morgan fingerprint density at radius 1 is 0.127 bits per heavy atom. The summed E-state index contributed by atoms with van der Waals surface area (Å²) < 4.78 is 24.3. The molecule has 0 bridgehead atoms. The number of nitrogens with zero attached hydrogens (tertiary/aromatic N) is 5. The van der Waals surface area contributed by atoms with Gasteiger partial charge in [-0.15, -0.1) is 56.7 Å². The van der Waals surface area contributed by atoms with E-state index in [1.54, 1.807) is 0 Å². The van der Waals surface area contributed by atoms with Gasteiger partial charge in [0.1, 0.15) is 4.83 Å². The molecule has 0 saturated heterocycles. The minimum Gasteiger partial charge on any atom is -0.309 e. The van der Waals surface area contributed by atoms with Crippen molar-refractivity contribution in [2.45, 2.75) is 0 Å². The molecule has 0 aliphatic heterocycles. The Balaban J connectivity index is 0.0000000851. The maximum atomic E-state index is 2.45. The summed E-state index contributed by atoms with van der Waals surface area (Å²) in [4.78, 5) is 1.33. The standard InChI is InChI=1S/4C28H17NS.C20H13NS/c1-2-10-18(11-3-1)29-23-16-8-6-14-21(23)26-27(29)20-13-5-4-12-19(20)25-22-15-7-9-17-24(22)30-28(25)26;1-2-10-18(11-3-1)29-23-16-8-6-14-21(23)25-19-12-4-5-13-20(19)26-22-15-7-9-17-24(22)30-28(26)27(25)29;1-2-10-20(11-3-1)29-25-15-19-9-5-4-8-18(19)14-22(25)23-17-28-24(16-26(23)29)21-12-6-7-13-27(21)30-28;1-2-9-19(10-3-1)29-24-17-14-18-8-4-5-11-20(18)26(24)23-16-15-22-21-12-6-7-13-25(21)30-28(22)27(23)29;1-2-8-14(9-3-1)21-17-12-6-4-10-15(17)19-16-11-5-7-13-18(16)22-20(19)21/h4*1-17H;1-13H. The first kappa shape index (κ1) is 82.1. The van der Waals surface area contributed by atoms with Crippen LogP contribution in [0.15, 0.2) is 491 Å². The van der Waals surface area contributed by atoms with E-state index in [9.17, 15) is 0 Å². The van der Waals surface area contributed by atoms with Crippen molar-refractivity contribution in [1.29, 1.82) is 0 Å². The van der Waals surface area contributed by atoms with E-state index < -0.39 is 0 Å². The van der Waals surface area contributed by atoms with Gasteiger partial charge in [-0.3, -0.25) is 0 Å². The van der Waals surface area contributed by atoms with Gasteiger partial charge >= 0.3 is 0 Å². The van der Waals surface area contributed by atoms with Crippen LogP contribution in [0.2, 0.25) is 0 Å². The molecule has 142 heavy (non-hydrogen) atoms. The molecule has 0 aliphatic carbocycles. The summed E-state index contributed by atoms with van der Waals surface area (Å²) >= 11 is 9.48. The van der Waals surface area contributed by atoms with Crippen LogP contribution in [0.3, 0.4) is 0 Å². The molecule has 0 N–H and O–H groups in total. The summed E-state index contributed by atoms with van der Waals surface area (Å²) in [6.45, 7) is 0. The Labute approximate surface area is 834 Å². The fraction of sp³-hybridized carbons (Fsp3) is 0. The van der Waals surface area contributed by atoms with Crippen LogP contribution < -0.4 is 0 Å². The van der Waals surface area contributed by atoms with E-state index in [0.29, 0.717) is 0 Å². The van der Waals surface area contributed by atoms with Gasteiger partial charge in [0.15, 0.2) is 0 Å². The largest absolute Gasteiger partial charge is 0.309 e. The Hall–Kier alpha value is -17.1. The Bertz CT molecular complexity index is 10900. The molecule has 0 unspecified atom stereocenters. The maximum Gasteiger partial charge on any atom is 0.109 e. The minimum absolute atomic E-state index is 1.20. The van der Waals surface area contributed by atoms with Crippen LogP contribution in [0.5, 0.6) is 0 Å². The fourth-order valence-electron chi connectivity index (χ4n) is 22.9. The Kier molecular flexibility index (Phi) is 19.3. The van der Waals surface area contributed by atoms with E-state index >= 15 is 0 Å². The van der Waals surface area contributed by atoms with Crippen molar-refractivity contribution in [2.75, 3.05) is 0 Å². The van der Waals surface area contributed by atoms with Gasteiger partial charge in [0.25, 0.3) is 0 Å². The number of aromatic nitrogens is 5. The average Bonchev–Trinajstić information content (AvgIpc) is 1.53. The third kappa shape index (κ3) is 12.9. The van der Waals surface area contributed by atoms with E-state index in [1.807, 2.05) is 56.7 Å². The molecule has 5 nitrogen and oxygen atoms in total. The number of benzene rings is 23. The molecule has 10 heteroatoms. The van der Waals surface area contributed by atoms with Crippen molar-refractivity contribution in [2.24, 2.45) is 0 Å². The number of hydrogen-bond donors (Lipinski definition) is 0. The summed E-state index contributed by atoms with van der Waals surface area (Å²) in [6, 6.07) is 177. The van der Waals surface area contributed by atoms with Gasteiger partial charge in [0, 0.05) is 169 Å². The van der Waals surface area contributed by atoms with Crippen molar-refractivity contribution in [3.05, 3.63) is 491 Å². The second-order valence-corrected chi connectivity index (χ2v) is 41.9. The van der Waals surface area contributed by atoms with E-state index in [1.165, 1.54) is 271 Å². The van der Waals surface area contributed by atoms with Crippen LogP contribution in [0, 0.1) is 0 Å². The molecule has 0 spiro atoms. The zero-order chi connectivity index (χ0) is 93.1. The van der Waals surface area contributed by atoms with Gasteiger partial charge in [0.2, 0.25) is 0 Å². The molecule has 0 fully saturated rings. The second-order valence-electron chi connectivity index (χ2n) is 36.6. The maximum absolute atomic E-state index is 2.45. The van der Waals surface area contributed by atoms with Crippen molar-refractivity contribution < 1.29 is 0 Å². The minimum atomic E-state index is 1.20. The average molecular weight is 1900 g/mol. The molecule has 10 aromatic heterocycles. The zero-order valence-corrected chi connectivity index (χ0v) is 80.6. The number of rotatable bonds is 5. The summed E-state index contributed by atoms with van der Waals surface area (Å²) in [5, 5.41) is 36.0. The molecule has 0 aliphatic rings. The highest BCUT2D eigenvalue weighted by Gasteiger charge is 2.27. The number of thiophene rings is 5. The van der Waals surface area contributed by atoms with Crippen molar-refractivity contribution in [3.63, 3.8) is 0 Å². The highest BCUT2D eigenvalue weighted by Crippen LogP contribution is 2.53. The number of fused-ring (bicyclic) bond motifs is 41. The van der Waals surface area contributed by atoms with Crippen LogP contribution in [0.4, 0.5) is 0 Å². The van der Waals surface area contributed by atoms with E-state index in [0.717, 1.165) is 0 Å². The normalized spacial score (nSPS) is 11.9.